The maximum atomic E-state index is 12.5. The summed E-state index contributed by atoms with van der Waals surface area (Å²) in [7, 11) is 0. The minimum atomic E-state index is -2.84. The molecule has 3 aliphatic heterocycles. The summed E-state index contributed by atoms with van der Waals surface area (Å²) >= 11 is 0. The summed E-state index contributed by atoms with van der Waals surface area (Å²) in [5.74, 6) is -5.34. The minimum absolute atomic E-state index is 0.489. The number of carboxylic acid groups (broad SMARTS) is 1. The van der Waals surface area contributed by atoms with Crippen molar-refractivity contribution in [3.8, 4) is 0 Å². The number of carboxylic acids is 1. The lowest BCUT2D eigenvalue weighted by Gasteiger charge is -2.50. The Hall–Kier alpha value is -1.66. The third kappa shape index (κ3) is 7.34. The molecule has 0 aliphatic carbocycles. The summed E-state index contributed by atoms with van der Waals surface area (Å²) in [5, 5.41) is 114. The topological polar surface area (TPSA) is 315 Å². The van der Waals surface area contributed by atoms with Crippen molar-refractivity contribution in [1.82, 2.24) is 5.32 Å². The van der Waals surface area contributed by atoms with Gasteiger partial charge in [0.1, 0.15) is 48.8 Å². The predicted molar refractivity (Wildman–Crippen MR) is 129 cm³/mol. The van der Waals surface area contributed by atoms with Crippen LogP contribution in [-0.4, -0.2) is 179 Å². The molecule has 0 aromatic heterocycles. The van der Waals surface area contributed by atoms with Crippen LogP contribution in [0.3, 0.4) is 0 Å². The monoisotopic (exact) mass is 617 g/mol. The molecular formula is C23H39NO18. The van der Waals surface area contributed by atoms with Gasteiger partial charge in [-0.3, -0.25) is 4.79 Å². The van der Waals surface area contributed by atoms with Gasteiger partial charge in [0.15, 0.2) is 12.6 Å². The third-order valence-corrected chi connectivity index (χ3v) is 7.32. The van der Waals surface area contributed by atoms with Crippen LogP contribution in [0.15, 0.2) is 0 Å². The number of amides is 1. The Bertz CT molecular complexity index is 911. The zero-order valence-corrected chi connectivity index (χ0v) is 22.4. The number of aliphatic carboxylic acids is 1. The first-order chi connectivity index (χ1) is 19.7. The van der Waals surface area contributed by atoms with Gasteiger partial charge in [-0.2, -0.15) is 0 Å². The third-order valence-electron chi connectivity index (χ3n) is 7.32. The van der Waals surface area contributed by atoms with Crippen molar-refractivity contribution in [2.45, 2.75) is 111 Å². The van der Waals surface area contributed by atoms with E-state index in [4.69, 9.17) is 23.7 Å². The molecule has 0 saturated carbocycles. The van der Waals surface area contributed by atoms with Gasteiger partial charge < -0.3 is 85.2 Å². The molecule has 3 saturated heterocycles. The van der Waals surface area contributed by atoms with E-state index >= 15 is 0 Å². The maximum absolute atomic E-state index is 12.5. The first kappa shape index (κ1) is 34.8. The molecule has 42 heavy (non-hydrogen) atoms. The van der Waals surface area contributed by atoms with Crippen LogP contribution in [0.2, 0.25) is 0 Å². The van der Waals surface area contributed by atoms with Crippen LogP contribution in [0, 0.1) is 0 Å². The van der Waals surface area contributed by atoms with Crippen molar-refractivity contribution in [2.24, 2.45) is 0 Å². The lowest BCUT2D eigenvalue weighted by Crippen LogP contribution is -2.69. The molecule has 244 valence electrons. The molecule has 1 amide bonds. The van der Waals surface area contributed by atoms with E-state index < -0.39 is 136 Å². The van der Waals surface area contributed by atoms with E-state index in [1.54, 1.807) is 0 Å². The second kappa shape index (κ2) is 14.4. The lowest BCUT2D eigenvalue weighted by atomic mass is 9.89. The molecule has 0 aromatic carbocycles. The summed E-state index contributed by atoms with van der Waals surface area (Å²) in [6.45, 7) is -1.44. The highest BCUT2D eigenvalue weighted by Gasteiger charge is 2.58. The molecule has 3 fully saturated rings. The van der Waals surface area contributed by atoms with Gasteiger partial charge in [-0.05, 0) is 0 Å². The Balaban J connectivity index is 1.91. The molecule has 3 heterocycles. The van der Waals surface area contributed by atoms with Crippen molar-refractivity contribution >= 4 is 11.9 Å². The van der Waals surface area contributed by atoms with Crippen molar-refractivity contribution < 1.29 is 89.4 Å². The van der Waals surface area contributed by atoms with Crippen molar-refractivity contribution in [2.75, 3.05) is 19.8 Å². The van der Waals surface area contributed by atoms with Crippen LogP contribution in [0.4, 0.5) is 0 Å². The van der Waals surface area contributed by atoms with Crippen LogP contribution in [-0.2, 0) is 33.3 Å². The minimum Gasteiger partial charge on any atom is -0.477 e. The first-order valence-electron chi connectivity index (χ1n) is 13.1. The smallest absolute Gasteiger partial charge is 0.364 e. The fourth-order valence-electron chi connectivity index (χ4n) is 5.16. The highest BCUT2D eigenvalue weighted by Crippen LogP contribution is 2.38. The summed E-state index contributed by atoms with van der Waals surface area (Å²) in [5.41, 5.74) is 0. The van der Waals surface area contributed by atoms with Crippen LogP contribution in [0.5, 0.6) is 0 Å². The van der Waals surface area contributed by atoms with E-state index in [1.165, 1.54) is 0 Å². The number of nitrogens with one attached hydrogen (secondary N) is 1. The standard InChI is InChI=1S/C23H39NO18/c1-7(28)24-13-9(30)3-23(22(36)37,41-10(13)2-8(29)4-25)42-19-14(31)11(5-26)39-21(17(19)34)40-18-12(6-27)38-20(35)16(33)15(18)32/h8-21,25-27,29-35H,2-6H2,1H3,(H,24,28)(H,36,37)/t8-,9-,10-,11+,12+,13+,14-,15+,16+,17+,18+,19-,20+,21-,23-/m0/s1. The number of ether oxygens (including phenoxy) is 5. The molecule has 15 atom stereocenters. The zero-order chi connectivity index (χ0) is 31.5. The second-order valence-corrected chi connectivity index (χ2v) is 10.4. The summed E-state index contributed by atoms with van der Waals surface area (Å²) in [6, 6.07) is -1.27. The van der Waals surface area contributed by atoms with Crippen molar-refractivity contribution in [1.29, 1.82) is 0 Å². The fraction of sp³-hybridized carbons (Fsp3) is 0.913. The molecule has 0 unspecified atom stereocenters. The van der Waals surface area contributed by atoms with Gasteiger partial charge in [-0.15, -0.1) is 0 Å². The van der Waals surface area contributed by atoms with Crippen molar-refractivity contribution in [3.05, 3.63) is 0 Å². The Morgan fingerprint density at radius 2 is 1.55 bits per heavy atom. The molecule has 3 aliphatic rings. The van der Waals surface area contributed by atoms with Gasteiger partial charge in [0.25, 0.3) is 5.79 Å². The van der Waals surface area contributed by atoms with E-state index in [0.29, 0.717) is 0 Å². The molecule has 0 spiro atoms. The van der Waals surface area contributed by atoms with Gasteiger partial charge in [0.05, 0.1) is 44.2 Å². The number of hydrogen-bond acceptors (Lipinski definition) is 17. The number of hydrogen-bond donors (Lipinski definition) is 12. The van der Waals surface area contributed by atoms with Gasteiger partial charge in [-0.1, -0.05) is 0 Å². The summed E-state index contributed by atoms with van der Waals surface area (Å²) < 4.78 is 27.1. The maximum Gasteiger partial charge on any atom is 0.364 e. The summed E-state index contributed by atoms with van der Waals surface area (Å²) in [6.07, 6.45) is -24.5. The van der Waals surface area contributed by atoms with E-state index in [2.05, 4.69) is 5.32 Å². The Morgan fingerprint density at radius 3 is 2.10 bits per heavy atom. The predicted octanol–water partition coefficient (Wildman–Crippen LogP) is -7.19. The molecule has 12 N–H and O–H groups in total. The van der Waals surface area contributed by atoms with Crippen LogP contribution >= 0.6 is 0 Å². The van der Waals surface area contributed by atoms with Crippen LogP contribution in [0.25, 0.3) is 0 Å². The molecule has 0 aromatic rings. The Morgan fingerprint density at radius 1 is 0.905 bits per heavy atom. The van der Waals surface area contributed by atoms with Crippen LogP contribution < -0.4 is 5.32 Å². The average Bonchev–Trinajstić information content (AvgIpc) is 2.93. The largest absolute Gasteiger partial charge is 0.477 e. The SMILES string of the molecule is CC(=O)N[C@H]1[C@H](C[C@H](O)CO)O[C@@](O[C@H]2[C@@H](O)[C@@H](CO)O[C@@H](O[C@H]3[C@H](O)[C@@H](O)[C@H](O)O[C@@H]3CO)[C@@H]2O)(C(=O)O)C[C@@H]1O. The molecule has 19 heteroatoms. The number of aliphatic hydroxyl groups excluding tert-OH is 10. The first-order valence-corrected chi connectivity index (χ1v) is 13.1. The normalized spacial score (nSPS) is 45.3. The number of carbonyl (C=O) groups excluding carboxylic acids is 1. The van der Waals surface area contributed by atoms with Gasteiger partial charge in [-0.25, -0.2) is 4.79 Å². The number of aliphatic hydroxyl groups is 10. The molecule has 0 bridgehead atoms. The Kier molecular flexibility index (Phi) is 12.0. The summed E-state index contributed by atoms with van der Waals surface area (Å²) in [4.78, 5) is 24.2. The highest BCUT2D eigenvalue weighted by atomic mass is 16.8. The quantitative estimate of drug-likeness (QED) is 0.102. The number of carbonyl (C=O) groups is 2. The molecular weight excluding hydrogens is 578 g/mol. The van der Waals surface area contributed by atoms with Crippen molar-refractivity contribution in [3.63, 3.8) is 0 Å². The average molecular weight is 618 g/mol. The van der Waals surface area contributed by atoms with Gasteiger partial charge >= 0.3 is 5.97 Å². The molecule has 19 nitrogen and oxygen atoms in total. The molecule has 0 radical (unpaired) electrons. The second-order valence-electron chi connectivity index (χ2n) is 10.4. The van der Waals surface area contributed by atoms with E-state index in [-0.39, 0.29) is 0 Å². The zero-order valence-electron chi connectivity index (χ0n) is 22.4. The number of rotatable bonds is 11. The van der Waals surface area contributed by atoms with Gasteiger partial charge in [0.2, 0.25) is 5.91 Å². The van der Waals surface area contributed by atoms with E-state index in [9.17, 15) is 65.8 Å². The lowest BCUT2D eigenvalue weighted by molar-refractivity contribution is -0.382. The van der Waals surface area contributed by atoms with E-state index in [1.807, 2.05) is 0 Å². The van der Waals surface area contributed by atoms with Gasteiger partial charge in [0, 0.05) is 19.8 Å². The van der Waals surface area contributed by atoms with E-state index in [0.717, 1.165) is 6.92 Å². The van der Waals surface area contributed by atoms with Crippen LogP contribution in [0.1, 0.15) is 19.8 Å². The Labute approximate surface area is 238 Å². The molecule has 3 rings (SSSR count). The fourth-order valence-corrected chi connectivity index (χ4v) is 5.16. The highest BCUT2D eigenvalue weighted by molar-refractivity contribution is 5.76.